The van der Waals surface area contributed by atoms with Crippen LogP contribution in [0.25, 0.3) is 0 Å². The van der Waals surface area contributed by atoms with Gasteiger partial charge in [-0.25, -0.2) is 4.98 Å². The Morgan fingerprint density at radius 1 is 1.17 bits per heavy atom. The van der Waals surface area contributed by atoms with Gasteiger partial charge in [-0.1, -0.05) is 6.07 Å². The highest BCUT2D eigenvalue weighted by Crippen LogP contribution is 2.24. The smallest absolute Gasteiger partial charge is 0.133 e. The van der Waals surface area contributed by atoms with Crippen LogP contribution in [0.15, 0.2) is 24.5 Å². The molecule has 3 rings (SSSR count). The van der Waals surface area contributed by atoms with Crippen molar-refractivity contribution < 1.29 is 0 Å². The van der Waals surface area contributed by atoms with E-state index in [1.165, 1.54) is 24.0 Å². The minimum Gasteiger partial charge on any atom is -0.356 e. The van der Waals surface area contributed by atoms with Gasteiger partial charge in [0.2, 0.25) is 0 Å². The Morgan fingerprint density at radius 3 is 2.58 bits per heavy atom. The summed E-state index contributed by atoms with van der Waals surface area (Å²) in [4.78, 5) is 7.22. The summed E-state index contributed by atoms with van der Waals surface area (Å²) in [7, 11) is 0. The van der Waals surface area contributed by atoms with E-state index in [4.69, 9.17) is 4.98 Å². The van der Waals surface area contributed by atoms with Gasteiger partial charge in [-0.3, -0.25) is 4.68 Å². The first-order valence-electron chi connectivity index (χ1n) is 9.03. The predicted octanol–water partition coefficient (Wildman–Crippen LogP) is 3.62. The Labute approximate surface area is 145 Å². The van der Waals surface area contributed by atoms with Crippen LogP contribution in [0.3, 0.4) is 0 Å². The number of anilines is 1. The molecular weight excluding hydrogens is 298 g/mol. The Balaban J connectivity index is 1.69. The van der Waals surface area contributed by atoms with Crippen molar-refractivity contribution >= 4 is 5.82 Å². The largest absolute Gasteiger partial charge is 0.356 e. The number of aromatic nitrogens is 3. The Bertz CT molecular complexity index is 670. The molecule has 0 saturated carbocycles. The predicted molar refractivity (Wildman–Crippen MR) is 98.3 cm³/mol. The quantitative estimate of drug-likeness (QED) is 0.880. The third-order valence-electron chi connectivity index (χ3n) is 4.75. The van der Waals surface area contributed by atoms with E-state index in [0.717, 1.165) is 31.1 Å². The van der Waals surface area contributed by atoms with Crippen molar-refractivity contribution in [3.63, 3.8) is 0 Å². The van der Waals surface area contributed by atoms with Gasteiger partial charge in [-0.05, 0) is 46.6 Å². The number of rotatable bonds is 6. The van der Waals surface area contributed by atoms with E-state index >= 15 is 0 Å². The van der Waals surface area contributed by atoms with Crippen LogP contribution in [0.5, 0.6) is 0 Å². The van der Waals surface area contributed by atoms with Gasteiger partial charge in [0.05, 0.1) is 6.20 Å². The number of hydrogen-bond donors (Lipinski definition) is 1. The average molecular weight is 327 g/mol. The summed E-state index contributed by atoms with van der Waals surface area (Å²) >= 11 is 0. The first kappa shape index (κ1) is 17.0. The minimum absolute atomic E-state index is 0.269. The minimum atomic E-state index is 0.269. The van der Waals surface area contributed by atoms with Gasteiger partial charge in [-0.15, -0.1) is 0 Å². The molecule has 1 N–H and O–H groups in total. The molecule has 1 atom stereocenters. The zero-order chi connectivity index (χ0) is 17.1. The second kappa shape index (κ2) is 7.34. The first-order chi connectivity index (χ1) is 11.5. The fraction of sp³-hybridized carbons (Fsp3) is 0.579. The lowest BCUT2D eigenvalue weighted by molar-refractivity contribution is 0.528. The molecule has 1 fully saturated rings. The molecule has 1 aliphatic rings. The van der Waals surface area contributed by atoms with Gasteiger partial charge in [0.1, 0.15) is 5.82 Å². The summed E-state index contributed by atoms with van der Waals surface area (Å²) in [6.45, 7) is 11.6. The molecule has 0 aliphatic carbocycles. The Morgan fingerprint density at radius 2 is 1.92 bits per heavy atom. The standard InChI is InChI=1S/C19H29N5/c1-14(2)24-13-18(12-21-24)16(4)20-11-17-8-7-15(3)22-19(17)23-9-5-6-10-23/h7-8,12-14,16,20H,5-6,9-11H2,1-4H3. The van der Waals surface area contributed by atoms with E-state index in [-0.39, 0.29) is 6.04 Å². The summed E-state index contributed by atoms with van der Waals surface area (Å²) < 4.78 is 2.01. The molecular formula is C19H29N5. The number of nitrogens with one attached hydrogen (secondary N) is 1. The summed E-state index contributed by atoms with van der Waals surface area (Å²) in [5.41, 5.74) is 3.60. The maximum Gasteiger partial charge on any atom is 0.133 e. The van der Waals surface area contributed by atoms with Crippen molar-refractivity contribution in [1.29, 1.82) is 0 Å². The van der Waals surface area contributed by atoms with Gasteiger partial charge >= 0.3 is 0 Å². The van der Waals surface area contributed by atoms with Crippen molar-refractivity contribution in [2.24, 2.45) is 0 Å². The van der Waals surface area contributed by atoms with Crippen LogP contribution in [-0.2, 0) is 6.54 Å². The first-order valence-corrected chi connectivity index (χ1v) is 9.03. The van der Waals surface area contributed by atoms with Crippen LogP contribution in [0.2, 0.25) is 0 Å². The molecule has 1 unspecified atom stereocenters. The van der Waals surface area contributed by atoms with E-state index in [2.05, 4.69) is 61.3 Å². The fourth-order valence-corrected chi connectivity index (χ4v) is 3.15. The zero-order valence-electron chi connectivity index (χ0n) is 15.3. The molecule has 3 heterocycles. The monoisotopic (exact) mass is 327 g/mol. The van der Waals surface area contributed by atoms with Crippen LogP contribution in [-0.4, -0.2) is 27.9 Å². The van der Waals surface area contributed by atoms with Crippen LogP contribution in [0, 0.1) is 6.92 Å². The van der Waals surface area contributed by atoms with Crippen molar-refractivity contribution in [3.8, 4) is 0 Å². The second-order valence-electron chi connectivity index (χ2n) is 7.08. The molecule has 0 bridgehead atoms. The SMILES string of the molecule is Cc1ccc(CNC(C)c2cnn(C(C)C)c2)c(N2CCCC2)n1. The van der Waals surface area contributed by atoms with E-state index in [1.807, 2.05) is 10.9 Å². The summed E-state index contributed by atoms with van der Waals surface area (Å²) in [6, 6.07) is 4.99. The second-order valence-corrected chi connectivity index (χ2v) is 7.08. The number of hydrogen-bond acceptors (Lipinski definition) is 4. The molecule has 5 nitrogen and oxygen atoms in total. The van der Waals surface area contributed by atoms with Crippen molar-refractivity contribution in [1.82, 2.24) is 20.1 Å². The third kappa shape index (κ3) is 3.78. The molecule has 24 heavy (non-hydrogen) atoms. The average Bonchev–Trinajstić information content (AvgIpc) is 3.24. The van der Waals surface area contributed by atoms with Gasteiger partial charge in [0.15, 0.2) is 0 Å². The lowest BCUT2D eigenvalue weighted by atomic mass is 10.1. The van der Waals surface area contributed by atoms with Gasteiger partial charge in [0, 0.05) is 54.7 Å². The van der Waals surface area contributed by atoms with Crippen molar-refractivity contribution in [2.45, 2.75) is 59.2 Å². The zero-order valence-corrected chi connectivity index (χ0v) is 15.3. The Kier molecular flexibility index (Phi) is 5.19. The molecule has 0 radical (unpaired) electrons. The highest BCUT2D eigenvalue weighted by Gasteiger charge is 2.18. The Hall–Kier alpha value is -1.88. The molecule has 5 heteroatoms. The molecule has 1 aliphatic heterocycles. The topological polar surface area (TPSA) is 46.0 Å². The van der Waals surface area contributed by atoms with E-state index < -0.39 is 0 Å². The molecule has 0 spiro atoms. The highest BCUT2D eigenvalue weighted by atomic mass is 15.3. The molecule has 2 aromatic rings. The van der Waals surface area contributed by atoms with Crippen LogP contribution >= 0.6 is 0 Å². The van der Waals surface area contributed by atoms with E-state index in [0.29, 0.717) is 6.04 Å². The van der Waals surface area contributed by atoms with Gasteiger partial charge in [0.25, 0.3) is 0 Å². The molecule has 2 aromatic heterocycles. The maximum atomic E-state index is 4.80. The normalized spacial score (nSPS) is 16.1. The number of pyridine rings is 1. The van der Waals surface area contributed by atoms with Crippen LogP contribution in [0.1, 0.15) is 62.5 Å². The molecule has 1 saturated heterocycles. The van der Waals surface area contributed by atoms with Crippen LogP contribution in [0.4, 0.5) is 5.82 Å². The number of nitrogens with zero attached hydrogens (tertiary/aromatic N) is 4. The highest BCUT2D eigenvalue weighted by molar-refractivity contribution is 5.48. The summed E-state index contributed by atoms with van der Waals surface area (Å²) in [5, 5.41) is 8.07. The fourth-order valence-electron chi connectivity index (χ4n) is 3.15. The van der Waals surface area contributed by atoms with Crippen LogP contribution < -0.4 is 10.2 Å². The molecule has 0 amide bonds. The van der Waals surface area contributed by atoms with Gasteiger partial charge < -0.3 is 10.2 Å². The van der Waals surface area contributed by atoms with Crippen molar-refractivity contribution in [2.75, 3.05) is 18.0 Å². The van der Waals surface area contributed by atoms with Crippen molar-refractivity contribution in [3.05, 3.63) is 41.3 Å². The van der Waals surface area contributed by atoms with E-state index in [1.54, 1.807) is 0 Å². The van der Waals surface area contributed by atoms with Gasteiger partial charge in [-0.2, -0.15) is 5.10 Å². The maximum absolute atomic E-state index is 4.80. The molecule has 130 valence electrons. The summed E-state index contributed by atoms with van der Waals surface area (Å²) in [5.74, 6) is 1.16. The number of aryl methyl sites for hydroxylation is 1. The lowest BCUT2D eigenvalue weighted by Gasteiger charge is -2.22. The van der Waals surface area contributed by atoms with E-state index in [9.17, 15) is 0 Å². The molecule has 0 aromatic carbocycles. The third-order valence-corrected chi connectivity index (χ3v) is 4.75. The summed E-state index contributed by atoms with van der Waals surface area (Å²) in [6.07, 6.45) is 6.64. The lowest BCUT2D eigenvalue weighted by Crippen LogP contribution is -2.24.